The van der Waals surface area contributed by atoms with Crippen LogP contribution in [0.4, 0.5) is 0 Å². The fraction of sp³-hybridized carbons (Fsp3) is 0.500. The van der Waals surface area contributed by atoms with E-state index in [1.165, 1.54) is 10.6 Å². The lowest BCUT2D eigenvalue weighted by molar-refractivity contribution is 0.431. The van der Waals surface area contributed by atoms with Gasteiger partial charge in [-0.25, -0.2) is 8.42 Å². The van der Waals surface area contributed by atoms with Crippen LogP contribution in [0.2, 0.25) is 0 Å². The van der Waals surface area contributed by atoms with E-state index in [2.05, 4.69) is 0 Å². The van der Waals surface area contributed by atoms with Crippen molar-refractivity contribution in [1.29, 1.82) is 0 Å². The van der Waals surface area contributed by atoms with Gasteiger partial charge in [0.2, 0.25) is 10.0 Å². The molecule has 0 amide bonds. The molecule has 1 aromatic heterocycles. The first-order valence-electron chi connectivity index (χ1n) is 4.01. The molecule has 0 aliphatic carbocycles. The second-order valence-electron chi connectivity index (χ2n) is 2.77. The summed E-state index contributed by atoms with van der Waals surface area (Å²) in [5.74, 6) is 0. The largest absolute Gasteiger partial charge is 0.212 e. The molecule has 1 rings (SSSR count). The number of rotatable bonds is 4. The maximum atomic E-state index is 11.2. The maximum Gasteiger partial charge on any atom is 0.211 e. The molecule has 0 unspecified atom stereocenters. The van der Waals surface area contributed by atoms with Crippen LogP contribution in [0.5, 0.6) is 0 Å². The summed E-state index contributed by atoms with van der Waals surface area (Å²) in [6, 6.07) is 3.87. The zero-order valence-electron chi connectivity index (χ0n) is 7.73. The number of hydrogen-bond acceptors (Lipinski definition) is 3. The summed E-state index contributed by atoms with van der Waals surface area (Å²) in [4.78, 5) is 1.08. The number of thiophene rings is 1. The van der Waals surface area contributed by atoms with Crippen LogP contribution < -0.4 is 0 Å². The van der Waals surface area contributed by atoms with E-state index in [9.17, 15) is 8.42 Å². The Morgan fingerprint density at radius 2 is 2.23 bits per heavy atom. The van der Waals surface area contributed by atoms with Crippen molar-refractivity contribution in [2.45, 2.75) is 13.5 Å². The molecule has 0 saturated heterocycles. The third-order valence-corrected chi connectivity index (χ3v) is 3.92. The summed E-state index contributed by atoms with van der Waals surface area (Å²) in [6.45, 7) is 2.86. The average Bonchev–Trinajstić information content (AvgIpc) is 2.49. The third-order valence-electron chi connectivity index (χ3n) is 1.73. The molecular weight excluding hydrogens is 206 g/mol. The van der Waals surface area contributed by atoms with Crippen molar-refractivity contribution in [2.75, 3.05) is 12.8 Å². The van der Waals surface area contributed by atoms with Gasteiger partial charge in [0.1, 0.15) is 0 Å². The second kappa shape index (κ2) is 4.21. The Labute approximate surface area is 83.1 Å². The number of nitrogens with zero attached hydrogens (tertiary/aromatic N) is 1. The summed E-state index contributed by atoms with van der Waals surface area (Å²) in [5.41, 5.74) is 0. The molecule has 3 nitrogen and oxygen atoms in total. The fourth-order valence-electron chi connectivity index (χ4n) is 1.04. The lowest BCUT2D eigenvalue weighted by atomic mass is 10.4. The Balaban J connectivity index is 2.72. The molecule has 13 heavy (non-hydrogen) atoms. The maximum absolute atomic E-state index is 11.2. The summed E-state index contributed by atoms with van der Waals surface area (Å²) >= 11 is 1.58. The Bertz CT molecular complexity index is 342. The summed E-state index contributed by atoms with van der Waals surface area (Å²) in [7, 11) is -3.05. The SMILES string of the molecule is CCN(Cc1cccs1)S(C)(=O)=O. The van der Waals surface area contributed by atoms with Crippen molar-refractivity contribution in [2.24, 2.45) is 0 Å². The fourth-order valence-corrected chi connectivity index (χ4v) is 2.68. The molecule has 0 aliphatic heterocycles. The molecule has 1 heterocycles. The van der Waals surface area contributed by atoms with Gasteiger partial charge in [-0.2, -0.15) is 4.31 Å². The topological polar surface area (TPSA) is 37.4 Å². The molecule has 5 heteroatoms. The van der Waals surface area contributed by atoms with Crippen LogP contribution >= 0.6 is 11.3 Å². The van der Waals surface area contributed by atoms with Gasteiger partial charge in [0.15, 0.2) is 0 Å². The highest BCUT2D eigenvalue weighted by Gasteiger charge is 2.14. The summed E-state index contributed by atoms with van der Waals surface area (Å²) in [5, 5.41) is 1.95. The van der Waals surface area contributed by atoms with Crippen molar-refractivity contribution in [3.63, 3.8) is 0 Å². The van der Waals surface area contributed by atoms with Crippen LogP contribution in [-0.4, -0.2) is 25.5 Å². The molecule has 1 aromatic rings. The van der Waals surface area contributed by atoms with Crippen molar-refractivity contribution >= 4 is 21.4 Å². The van der Waals surface area contributed by atoms with Crippen LogP contribution in [0.25, 0.3) is 0 Å². The van der Waals surface area contributed by atoms with Crippen LogP contribution in [0.15, 0.2) is 17.5 Å². The first kappa shape index (κ1) is 10.7. The monoisotopic (exact) mass is 219 g/mol. The molecule has 0 saturated carbocycles. The number of sulfonamides is 1. The van der Waals surface area contributed by atoms with Gasteiger partial charge >= 0.3 is 0 Å². The molecule has 0 aliphatic rings. The van der Waals surface area contributed by atoms with Gasteiger partial charge in [0.05, 0.1) is 6.26 Å². The first-order chi connectivity index (χ1) is 6.04. The minimum absolute atomic E-state index is 0.493. The van der Waals surface area contributed by atoms with Gasteiger partial charge in [0, 0.05) is 18.0 Å². The van der Waals surface area contributed by atoms with E-state index in [0.29, 0.717) is 13.1 Å². The van der Waals surface area contributed by atoms with Gasteiger partial charge in [-0.3, -0.25) is 0 Å². The van der Waals surface area contributed by atoms with Crippen LogP contribution in [0.1, 0.15) is 11.8 Å². The van der Waals surface area contributed by atoms with E-state index in [-0.39, 0.29) is 0 Å². The minimum Gasteiger partial charge on any atom is -0.212 e. The third kappa shape index (κ3) is 3.10. The van der Waals surface area contributed by atoms with Crippen molar-refractivity contribution in [3.05, 3.63) is 22.4 Å². The highest BCUT2D eigenvalue weighted by Crippen LogP contribution is 2.13. The first-order valence-corrected chi connectivity index (χ1v) is 6.74. The normalized spacial score (nSPS) is 12.2. The highest BCUT2D eigenvalue weighted by atomic mass is 32.2. The van der Waals surface area contributed by atoms with E-state index < -0.39 is 10.0 Å². The standard InChI is InChI=1S/C8H13NO2S2/c1-3-9(13(2,10)11)7-8-5-4-6-12-8/h4-6H,3,7H2,1-2H3. The predicted octanol–water partition coefficient (Wildman–Crippen LogP) is 1.53. The summed E-state index contributed by atoms with van der Waals surface area (Å²) in [6.07, 6.45) is 1.24. The van der Waals surface area contributed by atoms with Crippen molar-refractivity contribution in [1.82, 2.24) is 4.31 Å². The van der Waals surface area contributed by atoms with E-state index in [4.69, 9.17) is 0 Å². The Hall–Kier alpha value is -0.390. The Morgan fingerprint density at radius 3 is 2.62 bits per heavy atom. The zero-order valence-corrected chi connectivity index (χ0v) is 9.36. The lowest BCUT2D eigenvalue weighted by Gasteiger charge is -2.16. The highest BCUT2D eigenvalue weighted by molar-refractivity contribution is 7.88. The van der Waals surface area contributed by atoms with E-state index >= 15 is 0 Å². The zero-order chi connectivity index (χ0) is 9.90. The van der Waals surface area contributed by atoms with Crippen molar-refractivity contribution in [3.8, 4) is 0 Å². The second-order valence-corrected chi connectivity index (χ2v) is 5.78. The van der Waals surface area contributed by atoms with Gasteiger partial charge < -0.3 is 0 Å². The van der Waals surface area contributed by atoms with E-state index in [1.54, 1.807) is 11.3 Å². The summed E-state index contributed by atoms with van der Waals surface area (Å²) < 4.78 is 23.9. The smallest absolute Gasteiger partial charge is 0.211 e. The molecule has 0 atom stereocenters. The van der Waals surface area contributed by atoms with Crippen LogP contribution in [-0.2, 0) is 16.6 Å². The Morgan fingerprint density at radius 1 is 1.54 bits per heavy atom. The van der Waals surface area contributed by atoms with Gasteiger partial charge in [-0.05, 0) is 11.4 Å². The van der Waals surface area contributed by atoms with E-state index in [1.807, 2.05) is 24.4 Å². The molecular formula is C8H13NO2S2. The molecule has 0 fully saturated rings. The van der Waals surface area contributed by atoms with E-state index in [0.717, 1.165) is 4.88 Å². The predicted molar refractivity (Wildman–Crippen MR) is 55.2 cm³/mol. The quantitative estimate of drug-likeness (QED) is 0.770. The van der Waals surface area contributed by atoms with Crippen molar-refractivity contribution < 1.29 is 8.42 Å². The van der Waals surface area contributed by atoms with Crippen LogP contribution in [0, 0.1) is 0 Å². The molecule has 0 aromatic carbocycles. The van der Waals surface area contributed by atoms with Crippen LogP contribution in [0.3, 0.4) is 0 Å². The molecule has 0 bridgehead atoms. The van der Waals surface area contributed by atoms with Gasteiger partial charge in [-0.1, -0.05) is 13.0 Å². The minimum atomic E-state index is -3.05. The molecule has 0 spiro atoms. The lowest BCUT2D eigenvalue weighted by Crippen LogP contribution is -2.28. The Kier molecular flexibility index (Phi) is 3.47. The molecule has 0 N–H and O–H groups in total. The molecule has 74 valence electrons. The average molecular weight is 219 g/mol. The van der Waals surface area contributed by atoms with Gasteiger partial charge in [0.25, 0.3) is 0 Å². The molecule has 0 radical (unpaired) electrons. The van der Waals surface area contributed by atoms with Gasteiger partial charge in [-0.15, -0.1) is 11.3 Å². The number of hydrogen-bond donors (Lipinski definition) is 0.